The van der Waals surface area contributed by atoms with Gasteiger partial charge in [-0.15, -0.1) is 0 Å². The van der Waals surface area contributed by atoms with Gasteiger partial charge in [0.15, 0.2) is 0 Å². The Kier molecular flexibility index (Phi) is 10.4. The summed E-state index contributed by atoms with van der Waals surface area (Å²) in [5.74, 6) is 0. The van der Waals surface area contributed by atoms with Crippen molar-refractivity contribution in [3.63, 3.8) is 0 Å². The van der Waals surface area contributed by atoms with Crippen LogP contribution in [0.15, 0.2) is 93.8 Å². The molecule has 5 aromatic rings. The number of benzene rings is 3. The first-order chi connectivity index (χ1) is 23.4. The molecule has 0 saturated carbocycles. The summed E-state index contributed by atoms with van der Waals surface area (Å²) in [6.45, 7) is 6.13. The molecule has 2 aromatic heterocycles. The Bertz CT molecular complexity index is 2260. The molecule has 0 atom stereocenters. The van der Waals surface area contributed by atoms with E-state index in [1.165, 1.54) is 10.0 Å². The molecule has 0 spiro atoms. The zero-order valence-electron chi connectivity index (χ0n) is 28.0. The second kappa shape index (κ2) is 14.4. The Morgan fingerprint density at radius 3 is 1.59 bits per heavy atom. The van der Waals surface area contributed by atoms with E-state index in [4.69, 9.17) is 0 Å². The van der Waals surface area contributed by atoms with E-state index in [0.717, 1.165) is 67.8 Å². The van der Waals surface area contributed by atoms with E-state index >= 15 is 0 Å². The number of nitrogens with one attached hydrogen (secondary N) is 1. The number of rotatable bonds is 6. The molecule has 2 saturated heterocycles. The van der Waals surface area contributed by atoms with Gasteiger partial charge in [-0.05, 0) is 99.2 Å². The van der Waals surface area contributed by atoms with Crippen molar-refractivity contribution in [1.29, 1.82) is 0 Å². The van der Waals surface area contributed by atoms with E-state index < -0.39 is 30.1 Å². The van der Waals surface area contributed by atoms with Crippen LogP contribution in [0.1, 0.15) is 62.5 Å². The maximum atomic E-state index is 13.1. The Morgan fingerprint density at radius 1 is 0.531 bits per heavy atom. The van der Waals surface area contributed by atoms with Crippen LogP contribution in [0.2, 0.25) is 0 Å². The molecule has 0 radical (unpaired) electrons. The first kappa shape index (κ1) is 35.3. The Balaban J connectivity index is 0.000000182. The van der Waals surface area contributed by atoms with Crippen LogP contribution in [0.3, 0.4) is 0 Å². The van der Waals surface area contributed by atoms with E-state index in [2.05, 4.69) is 4.98 Å². The van der Waals surface area contributed by atoms with Crippen LogP contribution in [0.4, 0.5) is 0 Å². The first-order valence-electron chi connectivity index (χ1n) is 16.9. The number of hydrogen-bond acceptors (Lipinski definition) is 6. The maximum absolute atomic E-state index is 13.1. The highest BCUT2D eigenvalue weighted by Gasteiger charge is 2.28. The van der Waals surface area contributed by atoms with Gasteiger partial charge in [0.1, 0.15) is 0 Å². The van der Waals surface area contributed by atoms with Crippen LogP contribution in [0.25, 0.3) is 21.8 Å². The summed E-state index contributed by atoms with van der Waals surface area (Å²) in [5, 5.41) is 1.61. The third-order valence-electron chi connectivity index (χ3n) is 9.51. The lowest BCUT2D eigenvalue weighted by atomic mass is 10.2. The van der Waals surface area contributed by atoms with Crippen molar-refractivity contribution in [3.8, 4) is 0 Å². The molecule has 7 rings (SSSR count). The van der Waals surface area contributed by atoms with Gasteiger partial charge >= 0.3 is 0 Å². The van der Waals surface area contributed by atoms with Gasteiger partial charge in [0, 0.05) is 54.9 Å². The monoisotopic (exact) mass is 724 g/mol. The number of aromatic nitrogens is 2. The summed E-state index contributed by atoms with van der Waals surface area (Å²) in [6.07, 6.45) is 11.5. The number of nitrogens with zero attached hydrogens (tertiary/aromatic N) is 3. The van der Waals surface area contributed by atoms with E-state index in [9.17, 15) is 25.3 Å². The topological polar surface area (TPSA) is 130 Å². The highest BCUT2D eigenvalue weighted by atomic mass is 32.2. The summed E-state index contributed by atoms with van der Waals surface area (Å²) in [5.41, 5.74) is 3.25. The smallest absolute Gasteiger partial charge is 0.268 e. The fourth-order valence-corrected chi connectivity index (χ4v) is 11.2. The molecule has 2 aliphatic heterocycles. The zero-order chi connectivity index (χ0) is 34.8. The standard InChI is InChI=1S/C21H24N2O4S2.C15H20N2O2S/c1-17-16-23(29(26,27)18-9-5-4-6-10-18)21-12-11-19(15-20(17)21)28(24,25)22-13-7-2-3-8-14-22;1-12-11-16-15-7-6-13(10-14(12)15)20(18,19)17-8-4-2-3-5-9-17/h4-6,9-12,15-16H,2-3,7-8,13-14H2,1H3;6-7,10-11,16H,2-5,8-9H2,1H3. The molecule has 10 nitrogen and oxygen atoms in total. The second-order valence-corrected chi connectivity index (χ2v) is 18.6. The van der Waals surface area contributed by atoms with Crippen molar-refractivity contribution < 1.29 is 25.3 Å². The van der Waals surface area contributed by atoms with E-state index in [-0.39, 0.29) is 9.79 Å². The van der Waals surface area contributed by atoms with Crippen molar-refractivity contribution >= 4 is 51.9 Å². The normalized spacial score (nSPS) is 17.3. The van der Waals surface area contributed by atoms with Crippen LogP contribution in [0, 0.1) is 13.8 Å². The molecule has 262 valence electrons. The molecule has 0 amide bonds. The fourth-order valence-electron chi connectivity index (χ4n) is 6.67. The largest absolute Gasteiger partial charge is 0.361 e. The summed E-state index contributed by atoms with van der Waals surface area (Å²) in [7, 11) is -10.7. The lowest BCUT2D eigenvalue weighted by Gasteiger charge is -2.20. The average Bonchev–Trinajstić information content (AvgIpc) is 3.35. The minimum Gasteiger partial charge on any atom is -0.361 e. The number of sulfonamides is 2. The summed E-state index contributed by atoms with van der Waals surface area (Å²) < 4.78 is 82.3. The molecule has 49 heavy (non-hydrogen) atoms. The number of fused-ring (bicyclic) bond motifs is 2. The lowest BCUT2D eigenvalue weighted by molar-refractivity contribution is 0.423. The Labute approximate surface area is 289 Å². The van der Waals surface area contributed by atoms with Crippen molar-refractivity contribution in [2.24, 2.45) is 0 Å². The third kappa shape index (κ3) is 7.23. The molecule has 1 N–H and O–H groups in total. The zero-order valence-corrected chi connectivity index (χ0v) is 30.5. The predicted octanol–water partition coefficient (Wildman–Crippen LogP) is 6.79. The van der Waals surface area contributed by atoms with E-state index in [0.29, 0.717) is 47.5 Å². The third-order valence-corrected chi connectivity index (χ3v) is 15.0. The highest BCUT2D eigenvalue weighted by molar-refractivity contribution is 7.90. The van der Waals surface area contributed by atoms with Gasteiger partial charge in [-0.2, -0.15) is 8.61 Å². The fraction of sp³-hybridized carbons (Fsp3) is 0.389. The molecule has 4 heterocycles. The van der Waals surface area contributed by atoms with Crippen LogP contribution >= 0.6 is 0 Å². The lowest BCUT2D eigenvalue weighted by Crippen LogP contribution is -2.31. The van der Waals surface area contributed by atoms with Gasteiger partial charge < -0.3 is 4.98 Å². The molecule has 0 bridgehead atoms. The van der Waals surface area contributed by atoms with Gasteiger partial charge in [0.2, 0.25) is 20.0 Å². The van der Waals surface area contributed by atoms with Crippen molar-refractivity contribution in [2.45, 2.75) is 79.9 Å². The summed E-state index contributed by atoms with van der Waals surface area (Å²) in [6, 6.07) is 18.3. The second-order valence-electron chi connectivity index (χ2n) is 12.9. The molecule has 13 heteroatoms. The van der Waals surface area contributed by atoms with Crippen LogP contribution in [-0.2, 0) is 30.1 Å². The van der Waals surface area contributed by atoms with Gasteiger partial charge in [-0.25, -0.2) is 29.2 Å². The summed E-state index contributed by atoms with van der Waals surface area (Å²) >= 11 is 0. The van der Waals surface area contributed by atoms with Gasteiger partial charge in [-0.1, -0.05) is 43.9 Å². The first-order valence-corrected chi connectivity index (χ1v) is 21.2. The maximum Gasteiger partial charge on any atom is 0.268 e. The number of H-pyrrole nitrogens is 1. The van der Waals surface area contributed by atoms with Gasteiger partial charge in [0.05, 0.1) is 20.2 Å². The van der Waals surface area contributed by atoms with E-state index in [1.54, 1.807) is 76.3 Å². The number of hydrogen-bond donors (Lipinski definition) is 1. The minimum absolute atomic E-state index is 0.193. The van der Waals surface area contributed by atoms with Crippen molar-refractivity contribution in [1.82, 2.24) is 17.6 Å². The number of aromatic amines is 1. The SMILES string of the molecule is Cc1c[nH]c2ccc(S(=O)(=O)N3CCCCCC3)cc12.Cc1cn(S(=O)(=O)c2ccccc2)c2ccc(S(=O)(=O)N3CCCCCC3)cc12. The quantitative estimate of drug-likeness (QED) is 0.205. The molecule has 3 aromatic carbocycles. The van der Waals surface area contributed by atoms with Crippen LogP contribution in [0.5, 0.6) is 0 Å². The molecule has 2 aliphatic rings. The van der Waals surface area contributed by atoms with Gasteiger partial charge in [0.25, 0.3) is 10.0 Å². The van der Waals surface area contributed by atoms with Crippen LogP contribution < -0.4 is 0 Å². The molecule has 0 aliphatic carbocycles. The Hall–Kier alpha value is -3.49. The average molecular weight is 725 g/mol. The van der Waals surface area contributed by atoms with Gasteiger partial charge in [-0.3, -0.25) is 0 Å². The van der Waals surface area contributed by atoms with Crippen LogP contribution in [-0.4, -0.2) is 69.0 Å². The molecular formula is C36H44N4O6S3. The van der Waals surface area contributed by atoms with E-state index in [1.807, 2.05) is 19.2 Å². The molecule has 2 fully saturated rings. The van der Waals surface area contributed by atoms with Crippen molar-refractivity contribution in [3.05, 3.63) is 90.3 Å². The minimum atomic E-state index is -3.76. The number of aryl methyl sites for hydroxylation is 2. The predicted molar refractivity (Wildman–Crippen MR) is 193 cm³/mol. The Morgan fingerprint density at radius 2 is 1.04 bits per heavy atom. The summed E-state index contributed by atoms with van der Waals surface area (Å²) in [4.78, 5) is 3.96. The molecule has 0 unspecified atom stereocenters. The van der Waals surface area contributed by atoms with Crippen molar-refractivity contribution in [2.75, 3.05) is 26.2 Å². The molecular weight excluding hydrogens is 681 g/mol. The highest BCUT2D eigenvalue weighted by Crippen LogP contribution is 2.30.